The Morgan fingerprint density at radius 2 is 1.86 bits per heavy atom. The molecule has 0 radical (unpaired) electrons. The molecule has 0 aliphatic rings. The molecule has 1 amide bonds. The zero-order valence-electron chi connectivity index (χ0n) is 17.1. The van der Waals surface area contributed by atoms with Crippen LogP contribution in [0.15, 0.2) is 36.4 Å². The number of nitrogens with zero attached hydrogens (tertiary/aromatic N) is 2. The molecule has 0 heterocycles. The van der Waals surface area contributed by atoms with Crippen LogP contribution in [0.1, 0.15) is 35.2 Å². The molecule has 1 atom stereocenters. The molecule has 0 saturated heterocycles. The third-order valence-electron chi connectivity index (χ3n) is 4.71. The van der Waals surface area contributed by atoms with Crippen molar-refractivity contribution >= 4 is 27.3 Å². The van der Waals surface area contributed by atoms with Gasteiger partial charge in [0.1, 0.15) is 6.54 Å². The number of amides is 1. The Kier molecular flexibility index (Phi) is 6.63. The van der Waals surface area contributed by atoms with Crippen molar-refractivity contribution in [2.45, 2.75) is 33.7 Å². The molecule has 2 aromatic rings. The highest BCUT2D eigenvalue weighted by Gasteiger charge is 2.26. The van der Waals surface area contributed by atoms with E-state index in [2.05, 4.69) is 5.32 Å². The van der Waals surface area contributed by atoms with Crippen LogP contribution >= 0.6 is 0 Å². The van der Waals surface area contributed by atoms with Crippen molar-refractivity contribution < 1.29 is 18.1 Å². The lowest BCUT2D eigenvalue weighted by Gasteiger charge is -2.25. The fourth-order valence-corrected chi connectivity index (χ4v) is 4.09. The van der Waals surface area contributed by atoms with Crippen LogP contribution in [0.25, 0.3) is 0 Å². The fourth-order valence-electron chi connectivity index (χ4n) is 3.18. The second-order valence-corrected chi connectivity index (χ2v) is 9.00. The molecule has 0 fully saturated rings. The Morgan fingerprint density at radius 3 is 2.45 bits per heavy atom. The Morgan fingerprint density at radius 1 is 1.21 bits per heavy atom. The topological polar surface area (TPSA) is 110 Å². The van der Waals surface area contributed by atoms with Gasteiger partial charge in [-0.25, -0.2) is 8.42 Å². The average molecular weight is 420 g/mol. The number of hydrogen-bond donors (Lipinski definition) is 1. The molecule has 1 unspecified atom stereocenters. The van der Waals surface area contributed by atoms with Crippen LogP contribution < -0.4 is 9.62 Å². The zero-order valence-corrected chi connectivity index (χ0v) is 17.9. The largest absolute Gasteiger partial charge is 0.348 e. The number of nitro groups is 1. The minimum Gasteiger partial charge on any atom is -0.348 e. The summed E-state index contributed by atoms with van der Waals surface area (Å²) in [6.45, 7) is 6.70. The van der Waals surface area contributed by atoms with Crippen LogP contribution in [0.5, 0.6) is 0 Å². The van der Waals surface area contributed by atoms with E-state index in [1.165, 1.54) is 25.1 Å². The van der Waals surface area contributed by atoms with Gasteiger partial charge in [0, 0.05) is 6.07 Å². The van der Waals surface area contributed by atoms with Crippen LogP contribution in [0.2, 0.25) is 0 Å². The van der Waals surface area contributed by atoms with Gasteiger partial charge >= 0.3 is 0 Å². The molecule has 0 saturated carbocycles. The minimum absolute atomic E-state index is 0.108. The summed E-state index contributed by atoms with van der Waals surface area (Å²) in [7, 11) is -3.84. The number of aryl methyl sites for hydroxylation is 2. The summed E-state index contributed by atoms with van der Waals surface area (Å²) >= 11 is 0. The molecule has 1 N–H and O–H groups in total. The van der Waals surface area contributed by atoms with E-state index in [-0.39, 0.29) is 23.0 Å². The number of hydrogen-bond acceptors (Lipinski definition) is 5. The highest BCUT2D eigenvalue weighted by atomic mass is 32.2. The van der Waals surface area contributed by atoms with Crippen molar-refractivity contribution in [2.75, 3.05) is 17.1 Å². The monoisotopic (exact) mass is 419 g/mol. The van der Waals surface area contributed by atoms with Gasteiger partial charge in [0.15, 0.2) is 0 Å². The van der Waals surface area contributed by atoms with Crippen LogP contribution in [0.4, 0.5) is 11.4 Å². The highest BCUT2D eigenvalue weighted by Crippen LogP contribution is 2.29. The predicted molar refractivity (Wildman–Crippen MR) is 112 cm³/mol. The summed E-state index contributed by atoms with van der Waals surface area (Å²) in [5, 5.41) is 14.0. The number of anilines is 1. The second-order valence-electron chi connectivity index (χ2n) is 7.10. The first kappa shape index (κ1) is 22.4. The minimum atomic E-state index is -3.84. The molecule has 8 nitrogen and oxygen atoms in total. The van der Waals surface area contributed by atoms with Crippen LogP contribution in [-0.2, 0) is 14.8 Å². The zero-order chi connectivity index (χ0) is 21.9. The van der Waals surface area contributed by atoms with Crippen molar-refractivity contribution in [3.05, 3.63) is 68.8 Å². The van der Waals surface area contributed by atoms with E-state index < -0.39 is 27.4 Å². The fraction of sp³-hybridized carbons (Fsp3) is 0.350. The Bertz CT molecular complexity index is 1050. The van der Waals surface area contributed by atoms with Gasteiger partial charge in [-0.1, -0.05) is 29.8 Å². The molecular weight excluding hydrogens is 394 g/mol. The number of nitrogens with one attached hydrogen (secondary N) is 1. The van der Waals surface area contributed by atoms with Crippen LogP contribution in [0, 0.1) is 30.9 Å². The molecule has 0 aliphatic carbocycles. The van der Waals surface area contributed by atoms with E-state index >= 15 is 0 Å². The van der Waals surface area contributed by atoms with E-state index in [0.29, 0.717) is 0 Å². The van der Waals surface area contributed by atoms with Crippen LogP contribution in [-0.4, -0.2) is 32.0 Å². The molecule has 9 heteroatoms. The van der Waals surface area contributed by atoms with Gasteiger partial charge in [-0.3, -0.25) is 19.2 Å². The predicted octanol–water partition coefficient (Wildman–Crippen LogP) is 3.16. The molecule has 2 rings (SSSR count). The molecule has 156 valence electrons. The standard InChI is InChI=1S/C20H25N3O5S/c1-13-9-10-14(2)17(11-13)16(4)21-20(24)12-22(29(5,27)28)18-7-6-8-19(15(18)3)23(25)26/h6-11,16H,12H2,1-5H3,(H,21,24). The summed E-state index contributed by atoms with van der Waals surface area (Å²) < 4.78 is 25.6. The van der Waals surface area contributed by atoms with Gasteiger partial charge < -0.3 is 5.32 Å². The molecule has 0 aromatic heterocycles. The van der Waals surface area contributed by atoms with Crippen molar-refractivity contribution in [3.8, 4) is 0 Å². The van der Waals surface area contributed by atoms with Crippen LogP contribution in [0.3, 0.4) is 0 Å². The molecule has 0 spiro atoms. The first-order chi connectivity index (χ1) is 13.4. The summed E-state index contributed by atoms with van der Waals surface area (Å²) in [5.41, 5.74) is 3.08. The number of benzene rings is 2. The average Bonchev–Trinajstić information content (AvgIpc) is 2.61. The first-order valence-corrected chi connectivity index (χ1v) is 10.8. The molecule has 2 aromatic carbocycles. The third kappa shape index (κ3) is 5.32. The van der Waals surface area contributed by atoms with Gasteiger partial charge in [-0.2, -0.15) is 0 Å². The quantitative estimate of drug-likeness (QED) is 0.548. The Hall–Kier alpha value is -2.94. The number of nitro benzene ring substituents is 1. The summed E-state index contributed by atoms with van der Waals surface area (Å²) in [4.78, 5) is 23.2. The molecule has 0 bridgehead atoms. The van der Waals surface area contributed by atoms with Crippen molar-refractivity contribution in [2.24, 2.45) is 0 Å². The molecular formula is C20H25N3O5S. The summed E-state index contributed by atoms with van der Waals surface area (Å²) in [6, 6.07) is 9.73. The van der Waals surface area contributed by atoms with E-state index in [9.17, 15) is 23.3 Å². The SMILES string of the molecule is Cc1ccc(C)c(C(C)NC(=O)CN(c2cccc([N+](=O)[O-])c2C)S(C)(=O)=O)c1. The van der Waals surface area contributed by atoms with Gasteiger partial charge in [0.2, 0.25) is 15.9 Å². The second kappa shape index (κ2) is 8.60. The lowest BCUT2D eigenvalue weighted by molar-refractivity contribution is -0.385. The van der Waals surface area contributed by atoms with E-state index in [4.69, 9.17) is 0 Å². The first-order valence-electron chi connectivity index (χ1n) is 9.00. The number of carbonyl (C=O) groups excluding carboxylic acids is 1. The molecule has 29 heavy (non-hydrogen) atoms. The lowest BCUT2D eigenvalue weighted by Crippen LogP contribution is -2.41. The van der Waals surface area contributed by atoms with Gasteiger partial charge in [-0.15, -0.1) is 0 Å². The van der Waals surface area contributed by atoms with Crippen molar-refractivity contribution in [1.29, 1.82) is 0 Å². The number of rotatable bonds is 7. The normalized spacial score (nSPS) is 12.3. The Labute approximate surface area is 170 Å². The number of sulfonamides is 1. The maximum absolute atomic E-state index is 12.6. The Balaban J connectivity index is 2.30. The smallest absolute Gasteiger partial charge is 0.274 e. The van der Waals surface area contributed by atoms with Crippen molar-refractivity contribution in [3.63, 3.8) is 0 Å². The lowest BCUT2D eigenvalue weighted by atomic mass is 10.00. The van der Waals surface area contributed by atoms with Gasteiger partial charge in [-0.05, 0) is 44.9 Å². The summed E-state index contributed by atoms with van der Waals surface area (Å²) in [5.74, 6) is -0.505. The molecule has 0 aliphatic heterocycles. The van der Waals surface area contributed by atoms with E-state index in [0.717, 1.165) is 27.3 Å². The maximum Gasteiger partial charge on any atom is 0.274 e. The van der Waals surface area contributed by atoms with Gasteiger partial charge in [0.05, 0.1) is 28.5 Å². The van der Waals surface area contributed by atoms with Gasteiger partial charge in [0.25, 0.3) is 5.69 Å². The number of carbonyl (C=O) groups is 1. The summed E-state index contributed by atoms with van der Waals surface area (Å²) in [6.07, 6.45) is 0.965. The highest BCUT2D eigenvalue weighted by molar-refractivity contribution is 7.92. The third-order valence-corrected chi connectivity index (χ3v) is 5.83. The maximum atomic E-state index is 12.6. The van der Waals surface area contributed by atoms with E-state index in [1.54, 1.807) is 0 Å². The van der Waals surface area contributed by atoms with E-state index in [1.807, 2.05) is 39.0 Å². The van der Waals surface area contributed by atoms with Crippen molar-refractivity contribution in [1.82, 2.24) is 5.32 Å².